The number of aromatic nitrogens is 3. The number of nitrogens with two attached hydrogens (primary N) is 1. The molecule has 0 atom stereocenters. The maximum Gasteiger partial charge on any atom is 0.229 e. The van der Waals surface area contributed by atoms with Crippen LogP contribution < -0.4 is 15.5 Å². The largest absolute Gasteiger partial charge is 0.383 e. The Kier molecular flexibility index (Phi) is 4.34. The third kappa shape index (κ3) is 3.41. The summed E-state index contributed by atoms with van der Waals surface area (Å²) in [5.41, 5.74) is 7.87. The van der Waals surface area contributed by atoms with E-state index in [1.165, 1.54) is 12.1 Å². The summed E-state index contributed by atoms with van der Waals surface area (Å²) in [6, 6.07) is 8.42. The van der Waals surface area contributed by atoms with Crippen LogP contribution in [0.2, 0.25) is 0 Å². The molecule has 2 aromatic heterocycles. The van der Waals surface area contributed by atoms with E-state index in [-0.39, 0.29) is 5.82 Å². The molecule has 0 amide bonds. The molecule has 1 aromatic carbocycles. The predicted molar refractivity (Wildman–Crippen MR) is 99.8 cm³/mol. The van der Waals surface area contributed by atoms with Gasteiger partial charge in [-0.25, -0.2) is 4.39 Å². The number of H-pyrrole nitrogens is 1. The van der Waals surface area contributed by atoms with E-state index >= 15 is 0 Å². The van der Waals surface area contributed by atoms with Crippen molar-refractivity contribution in [1.82, 2.24) is 15.0 Å². The molecule has 4 rings (SSSR count). The third-order valence-corrected chi connectivity index (χ3v) is 4.45. The van der Waals surface area contributed by atoms with Gasteiger partial charge in [-0.15, -0.1) is 0 Å². The van der Waals surface area contributed by atoms with Crippen molar-refractivity contribution in [1.29, 1.82) is 0 Å². The highest BCUT2D eigenvalue weighted by Crippen LogP contribution is 2.22. The minimum Gasteiger partial charge on any atom is -0.383 e. The van der Waals surface area contributed by atoms with E-state index in [1.807, 2.05) is 18.0 Å². The SMILES string of the molecule is CN(Cc1cc2cc(F)ccc2[nH]1)c1cc(N)nc(N2CCOCC2)n1. The number of aromatic amines is 1. The maximum absolute atomic E-state index is 13.4. The van der Waals surface area contributed by atoms with Crippen LogP contribution >= 0.6 is 0 Å². The molecule has 1 aliphatic rings. The Morgan fingerprint density at radius 2 is 2.04 bits per heavy atom. The second-order valence-corrected chi connectivity index (χ2v) is 6.43. The number of rotatable bonds is 4. The zero-order valence-corrected chi connectivity index (χ0v) is 14.6. The average Bonchev–Trinajstić information content (AvgIpc) is 3.03. The number of nitrogens with one attached hydrogen (secondary N) is 1. The molecule has 7 nitrogen and oxygen atoms in total. The molecule has 8 heteroatoms. The molecule has 0 bridgehead atoms. The van der Waals surface area contributed by atoms with E-state index in [0.717, 1.165) is 35.5 Å². The van der Waals surface area contributed by atoms with Gasteiger partial charge >= 0.3 is 0 Å². The first-order chi connectivity index (χ1) is 12.6. The first-order valence-electron chi connectivity index (χ1n) is 8.54. The molecule has 0 radical (unpaired) electrons. The Balaban J connectivity index is 1.56. The highest BCUT2D eigenvalue weighted by atomic mass is 19.1. The summed E-state index contributed by atoms with van der Waals surface area (Å²) in [7, 11) is 1.94. The molecule has 0 saturated carbocycles. The van der Waals surface area contributed by atoms with Crippen LogP contribution in [0.1, 0.15) is 5.69 Å². The van der Waals surface area contributed by atoms with Gasteiger partial charge in [-0.3, -0.25) is 0 Å². The van der Waals surface area contributed by atoms with Crippen LogP contribution in [0.4, 0.5) is 22.0 Å². The quantitative estimate of drug-likeness (QED) is 0.745. The number of benzene rings is 1. The number of hydrogen-bond donors (Lipinski definition) is 2. The Morgan fingerprint density at radius 3 is 2.85 bits per heavy atom. The van der Waals surface area contributed by atoms with Crippen molar-refractivity contribution in [3.8, 4) is 0 Å². The first kappa shape index (κ1) is 16.6. The normalized spacial score (nSPS) is 14.8. The van der Waals surface area contributed by atoms with Crippen molar-refractivity contribution in [2.24, 2.45) is 0 Å². The first-order valence-corrected chi connectivity index (χ1v) is 8.54. The molecule has 0 spiro atoms. The minimum absolute atomic E-state index is 0.241. The lowest BCUT2D eigenvalue weighted by Gasteiger charge is -2.28. The summed E-state index contributed by atoms with van der Waals surface area (Å²) in [5.74, 6) is 1.55. The number of nitrogen functional groups attached to an aromatic ring is 1. The monoisotopic (exact) mass is 356 g/mol. The van der Waals surface area contributed by atoms with E-state index in [4.69, 9.17) is 10.5 Å². The molecule has 1 aliphatic heterocycles. The number of morpholine rings is 1. The molecular formula is C18H21FN6O. The summed E-state index contributed by atoms with van der Waals surface area (Å²) in [5, 5.41) is 0.851. The number of fused-ring (bicyclic) bond motifs is 1. The van der Waals surface area contributed by atoms with Crippen LogP contribution in [0.3, 0.4) is 0 Å². The van der Waals surface area contributed by atoms with Crippen LogP contribution in [-0.4, -0.2) is 48.3 Å². The number of halogens is 1. The molecule has 3 N–H and O–H groups in total. The Morgan fingerprint density at radius 1 is 1.23 bits per heavy atom. The molecule has 0 unspecified atom stereocenters. The van der Waals surface area contributed by atoms with Gasteiger partial charge in [0.2, 0.25) is 5.95 Å². The maximum atomic E-state index is 13.4. The molecule has 26 heavy (non-hydrogen) atoms. The fourth-order valence-electron chi connectivity index (χ4n) is 3.13. The van der Waals surface area contributed by atoms with Gasteiger partial charge < -0.3 is 25.3 Å². The van der Waals surface area contributed by atoms with E-state index in [1.54, 1.807) is 12.1 Å². The van der Waals surface area contributed by atoms with Gasteiger partial charge in [0, 0.05) is 42.8 Å². The predicted octanol–water partition coefficient (Wildman–Crippen LogP) is 2.15. The highest BCUT2D eigenvalue weighted by Gasteiger charge is 2.16. The zero-order chi connectivity index (χ0) is 18.1. The fraction of sp³-hybridized carbons (Fsp3) is 0.333. The lowest BCUT2D eigenvalue weighted by Crippen LogP contribution is -2.37. The minimum atomic E-state index is -0.241. The summed E-state index contributed by atoms with van der Waals surface area (Å²) < 4.78 is 18.7. The summed E-state index contributed by atoms with van der Waals surface area (Å²) in [6.07, 6.45) is 0. The zero-order valence-electron chi connectivity index (χ0n) is 14.6. The summed E-state index contributed by atoms with van der Waals surface area (Å²) in [4.78, 5) is 16.4. The number of nitrogens with zero attached hydrogens (tertiary/aromatic N) is 4. The smallest absolute Gasteiger partial charge is 0.229 e. The van der Waals surface area contributed by atoms with Gasteiger partial charge in [0.05, 0.1) is 19.8 Å². The molecule has 1 fully saturated rings. The van der Waals surface area contributed by atoms with E-state index in [9.17, 15) is 4.39 Å². The van der Waals surface area contributed by atoms with Crippen molar-refractivity contribution >= 4 is 28.5 Å². The second-order valence-electron chi connectivity index (χ2n) is 6.43. The van der Waals surface area contributed by atoms with Crippen molar-refractivity contribution in [3.05, 3.63) is 41.8 Å². The van der Waals surface area contributed by atoms with E-state index in [2.05, 4.69) is 19.9 Å². The second kappa shape index (κ2) is 6.80. The van der Waals surface area contributed by atoms with Crippen LogP contribution in [0.5, 0.6) is 0 Å². The summed E-state index contributed by atoms with van der Waals surface area (Å²) >= 11 is 0. The summed E-state index contributed by atoms with van der Waals surface area (Å²) in [6.45, 7) is 3.42. The fourth-order valence-corrected chi connectivity index (χ4v) is 3.13. The highest BCUT2D eigenvalue weighted by molar-refractivity contribution is 5.80. The van der Waals surface area contributed by atoms with Gasteiger partial charge in [-0.05, 0) is 24.3 Å². The number of ether oxygens (including phenoxy) is 1. The van der Waals surface area contributed by atoms with Crippen molar-refractivity contribution in [3.63, 3.8) is 0 Å². The lowest BCUT2D eigenvalue weighted by atomic mass is 10.2. The van der Waals surface area contributed by atoms with Crippen LogP contribution in [0, 0.1) is 5.82 Å². The molecule has 136 valence electrons. The van der Waals surface area contributed by atoms with E-state index in [0.29, 0.717) is 31.5 Å². The number of anilines is 3. The molecule has 3 aromatic rings. The molecule has 3 heterocycles. The topological polar surface area (TPSA) is 83.3 Å². The van der Waals surface area contributed by atoms with Gasteiger partial charge in [-0.2, -0.15) is 9.97 Å². The van der Waals surface area contributed by atoms with E-state index < -0.39 is 0 Å². The van der Waals surface area contributed by atoms with Crippen molar-refractivity contribution in [2.75, 3.05) is 48.9 Å². The molecule has 1 saturated heterocycles. The van der Waals surface area contributed by atoms with Crippen molar-refractivity contribution in [2.45, 2.75) is 6.54 Å². The molecule has 0 aliphatic carbocycles. The van der Waals surface area contributed by atoms with Crippen LogP contribution in [-0.2, 0) is 11.3 Å². The van der Waals surface area contributed by atoms with Crippen molar-refractivity contribution < 1.29 is 9.13 Å². The lowest BCUT2D eigenvalue weighted by molar-refractivity contribution is 0.122. The molecular weight excluding hydrogens is 335 g/mol. The standard InChI is InChI=1S/C18H21FN6O/c1-24(11-14-9-12-8-13(19)2-3-15(12)21-14)17-10-16(20)22-18(23-17)25-4-6-26-7-5-25/h2-3,8-10,21H,4-7,11H2,1H3,(H2,20,22,23). The Labute approximate surface area is 150 Å². The van der Waals surface area contributed by atoms with Gasteiger partial charge in [-0.1, -0.05) is 0 Å². The average molecular weight is 356 g/mol. The van der Waals surface area contributed by atoms with Gasteiger partial charge in [0.1, 0.15) is 17.5 Å². The van der Waals surface area contributed by atoms with Gasteiger partial charge in [0.25, 0.3) is 0 Å². The third-order valence-electron chi connectivity index (χ3n) is 4.45. The van der Waals surface area contributed by atoms with Crippen LogP contribution in [0.15, 0.2) is 30.3 Å². The number of hydrogen-bond acceptors (Lipinski definition) is 6. The Hall–Kier alpha value is -2.87. The van der Waals surface area contributed by atoms with Gasteiger partial charge in [0.15, 0.2) is 0 Å². The Bertz CT molecular complexity index is 921. The van der Waals surface area contributed by atoms with Crippen LogP contribution in [0.25, 0.3) is 10.9 Å².